The van der Waals surface area contributed by atoms with Gasteiger partial charge in [0.15, 0.2) is 9.84 Å². The maximum absolute atomic E-state index is 13.1. The quantitative estimate of drug-likeness (QED) is 0.381. The molecular formula is C24H28F3N3O3S. The lowest BCUT2D eigenvalue weighted by atomic mass is 10.2. The van der Waals surface area contributed by atoms with Crippen molar-refractivity contribution >= 4 is 32.1 Å². The van der Waals surface area contributed by atoms with Crippen molar-refractivity contribution < 1.29 is 26.3 Å². The van der Waals surface area contributed by atoms with Crippen LogP contribution >= 0.6 is 0 Å². The molecule has 1 aromatic heterocycles. The molecule has 3 aromatic rings. The average molecular weight is 496 g/mol. The number of anilines is 2. The largest absolute Gasteiger partial charge is 0.495 e. The maximum Gasteiger partial charge on any atom is 0.406 e. The predicted molar refractivity (Wildman–Crippen MR) is 130 cm³/mol. The second kappa shape index (κ2) is 11.2. The smallest absolute Gasteiger partial charge is 0.406 e. The number of benzene rings is 2. The molecule has 2 aromatic carbocycles. The van der Waals surface area contributed by atoms with Gasteiger partial charge in [0.1, 0.15) is 12.3 Å². The van der Waals surface area contributed by atoms with Gasteiger partial charge in [-0.15, -0.1) is 0 Å². The highest BCUT2D eigenvalue weighted by Crippen LogP contribution is 2.29. The SMILES string of the molecule is CCC.COc1cc(S(C)(=O)=O)ccc1NCC#Cc1cc2c(N)cccc2n1CC(F)(F)F. The van der Waals surface area contributed by atoms with Gasteiger partial charge in [-0.25, -0.2) is 8.42 Å². The summed E-state index contributed by atoms with van der Waals surface area (Å²) in [4.78, 5) is 0.107. The Morgan fingerprint density at radius 2 is 1.82 bits per heavy atom. The fourth-order valence-electron chi connectivity index (χ4n) is 3.08. The summed E-state index contributed by atoms with van der Waals surface area (Å²) in [6.07, 6.45) is -2.08. The lowest BCUT2D eigenvalue weighted by molar-refractivity contribution is -0.140. The van der Waals surface area contributed by atoms with E-state index in [-0.39, 0.29) is 17.1 Å². The number of nitrogens with one attached hydrogen (secondary N) is 1. The van der Waals surface area contributed by atoms with Crippen LogP contribution in [0.5, 0.6) is 5.75 Å². The van der Waals surface area contributed by atoms with Crippen LogP contribution in [0.1, 0.15) is 26.0 Å². The molecule has 3 rings (SSSR count). The molecule has 1 heterocycles. The maximum atomic E-state index is 13.1. The number of sulfone groups is 1. The van der Waals surface area contributed by atoms with Gasteiger partial charge in [-0.3, -0.25) is 0 Å². The molecule has 0 fully saturated rings. The highest BCUT2D eigenvalue weighted by atomic mass is 32.2. The molecule has 184 valence electrons. The van der Waals surface area contributed by atoms with Gasteiger partial charge in [-0.1, -0.05) is 32.3 Å². The predicted octanol–water partition coefficient (Wildman–Crippen LogP) is 5.08. The summed E-state index contributed by atoms with van der Waals surface area (Å²) in [7, 11) is -1.99. The van der Waals surface area contributed by atoms with E-state index in [9.17, 15) is 21.6 Å². The van der Waals surface area contributed by atoms with E-state index in [1.165, 1.54) is 37.8 Å². The minimum absolute atomic E-state index is 0.0948. The number of nitrogen functional groups attached to an aromatic ring is 1. The number of halogens is 3. The minimum Gasteiger partial charge on any atom is -0.495 e. The molecular weight excluding hydrogens is 467 g/mol. The van der Waals surface area contributed by atoms with Crippen LogP contribution in [0.15, 0.2) is 47.4 Å². The molecule has 0 aliphatic rings. The molecule has 0 bridgehead atoms. The molecule has 0 saturated heterocycles. The topological polar surface area (TPSA) is 86.3 Å². The summed E-state index contributed by atoms with van der Waals surface area (Å²) < 4.78 is 68.8. The molecule has 0 atom stereocenters. The Labute approximate surface area is 197 Å². The van der Waals surface area contributed by atoms with Crippen molar-refractivity contribution in [1.82, 2.24) is 4.57 Å². The van der Waals surface area contributed by atoms with Crippen LogP contribution in [-0.2, 0) is 16.4 Å². The Kier molecular flexibility index (Phi) is 8.87. The van der Waals surface area contributed by atoms with E-state index in [0.29, 0.717) is 28.0 Å². The summed E-state index contributed by atoms with van der Waals surface area (Å²) in [5.41, 5.74) is 7.31. The molecule has 0 amide bonds. The standard InChI is InChI=1S/C21H20F3N3O3S.C3H8/c1-30-20-12-15(31(2,28)29)8-9-18(20)26-10-4-5-14-11-16-17(25)6-3-7-19(16)27(14)13-21(22,23)24;1-3-2/h3,6-9,11-12,26H,10,13,25H2,1-2H3;3H2,1-2H3. The fourth-order valence-corrected chi connectivity index (χ4v) is 3.72. The van der Waals surface area contributed by atoms with Crippen molar-refractivity contribution in [3.05, 3.63) is 48.2 Å². The number of ether oxygens (including phenoxy) is 1. The molecule has 10 heteroatoms. The van der Waals surface area contributed by atoms with Crippen LogP contribution in [-0.4, -0.2) is 39.1 Å². The number of methoxy groups -OCH3 is 1. The Bertz CT molecular complexity index is 1300. The first-order valence-corrected chi connectivity index (χ1v) is 12.4. The summed E-state index contributed by atoms with van der Waals surface area (Å²) in [5, 5.41) is 3.48. The monoisotopic (exact) mass is 495 g/mol. The van der Waals surface area contributed by atoms with Crippen molar-refractivity contribution in [3.8, 4) is 17.6 Å². The number of rotatable bonds is 5. The van der Waals surface area contributed by atoms with E-state index in [0.717, 1.165) is 10.8 Å². The van der Waals surface area contributed by atoms with Gasteiger partial charge in [0, 0.05) is 23.4 Å². The van der Waals surface area contributed by atoms with E-state index in [4.69, 9.17) is 10.5 Å². The zero-order valence-corrected chi connectivity index (χ0v) is 20.3. The fraction of sp³-hybridized carbons (Fsp3) is 0.333. The third-order valence-electron chi connectivity index (χ3n) is 4.50. The first-order chi connectivity index (χ1) is 15.9. The second-order valence-corrected chi connectivity index (χ2v) is 9.52. The normalized spacial score (nSPS) is 11.3. The number of nitrogens with two attached hydrogens (primary N) is 1. The molecule has 0 aliphatic carbocycles. The Balaban J connectivity index is 0.00000129. The third kappa shape index (κ3) is 7.09. The highest BCUT2D eigenvalue weighted by molar-refractivity contribution is 7.90. The molecule has 0 saturated carbocycles. The molecule has 0 unspecified atom stereocenters. The zero-order valence-electron chi connectivity index (χ0n) is 19.5. The van der Waals surface area contributed by atoms with Crippen molar-refractivity contribution in [1.29, 1.82) is 0 Å². The number of alkyl halides is 3. The van der Waals surface area contributed by atoms with Crippen LogP contribution in [0.3, 0.4) is 0 Å². The summed E-state index contributed by atoms with van der Waals surface area (Å²) in [6, 6.07) is 10.7. The van der Waals surface area contributed by atoms with Crippen LogP contribution in [0.2, 0.25) is 0 Å². The summed E-state index contributed by atoms with van der Waals surface area (Å²) >= 11 is 0. The van der Waals surface area contributed by atoms with Crippen LogP contribution in [0.25, 0.3) is 10.9 Å². The first kappa shape index (κ1) is 26.9. The van der Waals surface area contributed by atoms with Crippen molar-refractivity contribution in [2.75, 3.05) is 31.0 Å². The Hall–Kier alpha value is -3.32. The van der Waals surface area contributed by atoms with Crippen molar-refractivity contribution in [3.63, 3.8) is 0 Å². The van der Waals surface area contributed by atoms with E-state index in [1.54, 1.807) is 18.2 Å². The molecule has 6 nitrogen and oxygen atoms in total. The molecule has 0 radical (unpaired) electrons. The zero-order chi connectivity index (χ0) is 25.5. The molecule has 0 aliphatic heterocycles. The minimum atomic E-state index is -4.42. The van der Waals surface area contributed by atoms with E-state index >= 15 is 0 Å². The van der Waals surface area contributed by atoms with Crippen LogP contribution < -0.4 is 15.8 Å². The van der Waals surface area contributed by atoms with Crippen LogP contribution in [0, 0.1) is 11.8 Å². The van der Waals surface area contributed by atoms with E-state index < -0.39 is 22.6 Å². The van der Waals surface area contributed by atoms with Gasteiger partial charge < -0.3 is 20.4 Å². The number of aromatic nitrogens is 1. The van der Waals surface area contributed by atoms with Crippen LogP contribution in [0.4, 0.5) is 24.5 Å². The third-order valence-corrected chi connectivity index (χ3v) is 5.61. The van der Waals surface area contributed by atoms with Gasteiger partial charge in [0.25, 0.3) is 0 Å². The van der Waals surface area contributed by atoms with Gasteiger partial charge >= 0.3 is 6.18 Å². The van der Waals surface area contributed by atoms with Gasteiger partial charge in [-0.05, 0) is 36.3 Å². The lowest BCUT2D eigenvalue weighted by Crippen LogP contribution is -2.18. The number of nitrogens with zero attached hydrogens (tertiary/aromatic N) is 1. The Morgan fingerprint density at radius 1 is 1.15 bits per heavy atom. The number of hydrogen-bond acceptors (Lipinski definition) is 5. The van der Waals surface area contributed by atoms with Crippen molar-refractivity contribution in [2.24, 2.45) is 0 Å². The van der Waals surface area contributed by atoms with Crippen molar-refractivity contribution in [2.45, 2.75) is 37.9 Å². The number of fused-ring (bicyclic) bond motifs is 1. The highest BCUT2D eigenvalue weighted by Gasteiger charge is 2.29. The molecule has 3 N–H and O–H groups in total. The van der Waals surface area contributed by atoms with Gasteiger partial charge in [-0.2, -0.15) is 13.2 Å². The average Bonchev–Trinajstić information content (AvgIpc) is 3.08. The van der Waals surface area contributed by atoms with Gasteiger partial charge in [0.05, 0.1) is 35.4 Å². The number of hydrogen-bond donors (Lipinski definition) is 2. The lowest BCUT2D eigenvalue weighted by Gasteiger charge is -2.11. The Morgan fingerprint density at radius 3 is 2.41 bits per heavy atom. The first-order valence-electron chi connectivity index (χ1n) is 10.5. The van der Waals surface area contributed by atoms with E-state index in [1.807, 2.05) is 0 Å². The summed E-state index contributed by atoms with van der Waals surface area (Å²) in [5.74, 6) is 5.85. The molecule has 34 heavy (non-hydrogen) atoms. The van der Waals surface area contributed by atoms with Gasteiger partial charge in [0.2, 0.25) is 0 Å². The van der Waals surface area contributed by atoms with E-state index in [2.05, 4.69) is 31.0 Å². The second-order valence-electron chi connectivity index (χ2n) is 7.51. The summed E-state index contributed by atoms with van der Waals surface area (Å²) in [6.45, 7) is 3.16. The molecule has 0 spiro atoms.